The molecule has 7 heteroatoms. The molecule has 0 aromatic carbocycles. The Hall–Kier alpha value is -2.44. The van der Waals surface area contributed by atoms with E-state index >= 15 is 0 Å². The third-order valence-electron chi connectivity index (χ3n) is 4.58. The van der Waals surface area contributed by atoms with E-state index in [2.05, 4.69) is 10.3 Å². The zero-order valence-electron chi connectivity index (χ0n) is 14.3. The van der Waals surface area contributed by atoms with Crippen LogP contribution in [0.15, 0.2) is 21.5 Å². The van der Waals surface area contributed by atoms with Crippen molar-refractivity contribution < 1.29 is 9.32 Å². The van der Waals surface area contributed by atoms with Gasteiger partial charge in [0, 0.05) is 25.7 Å². The second kappa shape index (κ2) is 6.59. The fourth-order valence-corrected chi connectivity index (χ4v) is 3.19. The van der Waals surface area contributed by atoms with Crippen molar-refractivity contribution >= 4 is 5.91 Å². The number of aromatic nitrogens is 3. The van der Waals surface area contributed by atoms with Crippen LogP contribution in [0.5, 0.6) is 0 Å². The van der Waals surface area contributed by atoms with E-state index in [4.69, 9.17) is 4.52 Å². The molecule has 0 atom stereocenters. The molecule has 3 rings (SSSR count). The first-order chi connectivity index (χ1) is 11.5. The standard InChI is InChI=1S/C17H22N4O3/c1-11-4-5-15(22)21(18-11)10-14-6-8-20(9-7-14)17(23)16-12(2)19-24-13(16)3/h4-5,14H,6-10H2,1-3H3. The predicted molar refractivity (Wildman–Crippen MR) is 87.8 cm³/mol. The quantitative estimate of drug-likeness (QED) is 0.856. The molecule has 24 heavy (non-hydrogen) atoms. The molecule has 1 aliphatic heterocycles. The number of amides is 1. The molecule has 0 spiro atoms. The normalized spacial score (nSPS) is 15.7. The number of piperidine rings is 1. The van der Waals surface area contributed by atoms with Gasteiger partial charge in [-0.05, 0) is 45.6 Å². The molecule has 0 aliphatic carbocycles. The van der Waals surface area contributed by atoms with E-state index in [1.165, 1.54) is 4.68 Å². The van der Waals surface area contributed by atoms with Crippen molar-refractivity contribution in [3.05, 3.63) is 45.2 Å². The maximum Gasteiger partial charge on any atom is 0.266 e. The van der Waals surface area contributed by atoms with E-state index in [1.807, 2.05) is 11.8 Å². The first-order valence-corrected chi connectivity index (χ1v) is 8.22. The average molecular weight is 330 g/mol. The number of carbonyl (C=O) groups is 1. The molecule has 0 saturated carbocycles. The van der Waals surface area contributed by atoms with Gasteiger partial charge in [0.15, 0.2) is 0 Å². The fraction of sp³-hybridized carbons (Fsp3) is 0.529. The molecule has 1 fully saturated rings. The van der Waals surface area contributed by atoms with Crippen LogP contribution in [-0.2, 0) is 6.54 Å². The highest BCUT2D eigenvalue weighted by atomic mass is 16.5. The minimum atomic E-state index is -0.0742. The summed E-state index contributed by atoms with van der Waals surface area (Å²) in [6.45, 7) is 7.37. The van der Waals surface area contributed by atoms with Gasteiger partial charge in [0.25, 0.3) is 11.5 Å². The van der Waals surface area contributed by atoms with E-state index in [0.29, 0.717) is 42.6 Å². The maximum absolute atomic E-state index is 12.6. The molecule has 1 amide bonds. The van der Waals surface area contributed by atoms with Crippen LogP contribution < -0.4 is 5.56 Å². The Morgan fingerprint density at radius 1 is 1.25 bits per heavy atom. The molecule has 1 aliphatic rings. The SMILES string of the molecule is Cc1ccc(=O)n(CC2CCN(C(=O)c3c(C)noc3C)CC2)n1. The first kappa shape index (κ1) is 16.4. The molecule has 2 aromatic heterocycles. The van der Waals surface area contributed by atoms with Gasteiger partial charge in [0.05, 0.1) is 11.4 Å². The molecule has 0 N–H and O–H groups in total. The van der Waals surface area contributed by atoms with Crippen molar-refractivity contribution in [2.45, 2.75) is 40.2 Å². The smallest absolute Gasteiger partial charge is 0.266 e. The maximum atomic E-state index is 12.6. The summed E-state index contributed by atoms with van der Waals surface area (Å²) in [6.07, 6.45) is 1.72. The average Bonchev–Trinajstić information content (AvgIpc) is 2.90. The Balaban J connectivity index is 1.63. The van der Waals surface area contributed by atoms with Crippen LogP contribution in [-0.4, -0.2) is 38.8 Å². The molecule has 0 radical (unpaired) electrons. The van der Waals surface area contributed by atoms with E-state index < -0.39 is 0 Å². The van der Waals surface area contributed by atoms with Crippen LogP contribution >= 0.6 is 0 Å². The largest absolute Gasteiger partial charge is 0.361 e. The summed E-state index contributed by atoms with van der Waals surface area (Å²) in [6, 6.07) is 3.28. The number of rotatable bonds is 3. The van der Waals surface area contributed by atoms with Crippen LogP contribution in [0.4, 0.5) is 0 Å². The lowest BCUT2D eigenvalue weighted by molar-refractivity contribution is 0.0678. The van der Waals surface area contributed by atoms with Gasteiger partial charge in [-0.3, -0.25) is 9.59 Å². The van der Waals surface area contributed by atoms with Crippen LogP contribution in [0.2, 0.25) is 0 Å². The fourth-order valence-electron chi connectivity index (χ4n) is 3.19. The van der Waals surface area contributed by atoms with Gasteiger partial charge in [-0.25, -0.2) is 4.68 Å². The second-order valence-corrected chi connectivity index (χ2v) is 6.43. The van der Waals surface area contributed by atoms with Gasteiger partial charge < -0.3 is 9.42 Å². The lowest BCUT2D eigenvalue weighted by atomic mass is 9.96. The first-order valence-electron chi connectivity index (χ1n) is 8.22. The topological polar surface area (TPSA) is 81.2 Å². The Kier molecular flexibility index (Phi) is 4.51. The molecule has 128 valence electrons. The molecule has 1 saturated heterocycles. The Morgan fingerprint density at radius 2 is 1.96 bits per heavy atom. The molecular formula is C17H22N4O3. The van der Waals surface area contributed by atoms with Crippen LogP contribution in [0, 0.1) is 26.7 Å². The summed E-state index contributed by atoms with van der Waals surface area (Å²) in [7, 11) is 0. The van der Waals surface area contributed by atoms with E-state index in [0.717, 1.165) is 18.5 Å². The summed E-state index contributed by atoms with van der Waals surface area (Å²) in [4.78, 5) is 26.3. The van der Waals surface area contributed by atoms with Gasteiger partial charge in [0.2, 0.25) is 0 Å². The van der Waals surface area contributed by atoms with Crippen molar-refractivity contribution in [3.63, 3.8) is 0 Å². The summed E-state index contributed by atoms with van der Waals surface area (Å²) >= 11 is 0. The molecular weight excluding hydrogens is 308 g/mol. The highest BCUT2D eigenvalue weighted by Crippen LogP contribution is 2.22. The van der Waals surface area contributed by atoms with Gasteiger partial charge >= 0.3 is 0 Å². The van der Waals surface area contributed by atoms with Crippen molar-refractivity contribution in [3.8, 4) is 0 Å². The highest BCUT2D eigenvalue weighted by molar-refractivity contribution is 5.96. The van der Waals surface area contributed by atoms with Gasteiger partial charge in [-0.15, -0.1) is 0 Å². The molecule has 7 nitrogen and oxygen atoms in total. The number of hydrogen-bond donors (Lipinski definition) is 0. The second-order valence-electron chi connectivity index (χ2n) is 6.43. The zero-order chi connectivity index (χ0) is 17.3. The van der Waals surface area contributed by atoms with Crippen molar-refractivity contribution in [1.29, 1.82) is 0 Å². The van der Waals surface area contributed by atoms with Crippen molar-refractivity contribution in [2.75, 3.05) is 13.1 Å². The van der Waals surface area contributed by atoms with E-state index in [-0.39, 0.29) is 11.5 Å². The Morgan fingerprint density at radius 3 is 2.58 bits per heavy atom. The minimum Gasteiger partial charge on any atom is -0.361 e. The zero-order valence-corrected chi connectivity index (χ0v) is 14.3. The third-order valence-corrected chi connectivity index (χ3v) is 4.58. The lowest BCUT2D eigenvalue weighted by Gasteiger charge is -2.32. The molecule has 2 aromatic rings. The summed E-state index contributed by atoms with van der Waals surface area (Å²) in [5.74, 6) is 0.899. The molecule has 0 unspecified atom stereocenters. The predicted octanol–water partition coefficient (Wildman–Crippen LogP) is 1.71. The van der Waals surface area contributed by atoms with Crippen molar-refractivity contribution in [2.24, 2.45) is 5.92 Å². The van der Waals surface area contributed by atoms with Crippen LogP contribution in [0.1, 0.15) is 40.3 Å². The number of nitrogens with zero attached hydrogens (tertiary/aromatic N) is 4. The van der Waals surface area contributed by atoms with E-state index in [1.54, 1.807) is 26.0 Å². The molecule has 0 bridgehead atoms. The van der Waals surface area contributed by atoms with Gasteiger partial charge in [0.1, 0.15) is 11.3 Å². The molecule has 3 heterocycles. The Bertz CT molecular complexity index is 781. The monoisotopic (exact) mass is 330 g/mol. The minimum absolute atomic E-state index is 0.0180. The van der Waals surface area contributed by atoms with Gasteiger partial charge in [-0.2, -0.15) is 5.10 Å². The van der Waals surface area contributed by atoms with E-state index in [9.17, 15) is 9.59 Å². The lowest BCUT2D eigenvalue weighted by Crippen LogP contribution is -2.40. The number of likely N-dealkylation sites (tertiary alicyclic amines) is 1. The van der Waals surface area contributed by atoms with Crippen LogP contribution in [0.25, 0.3) is 0 Å². The number of aryl methyl sites for hydroxylation is 3. The van der Waals surface area contributed by atoms with Crippen molar-refractivity contribution in [1.82, 2.24) is 19.8 Å². The highest BCUT2D eigenvalue weighted by Gasteiger charge is 2.27. The summed E-state index contributed by atoms with van der Waals surface area (Å²) in [5, 5.41) is 8.14. The number of carbonyl (C=O) groups excluding carboxylic acids is 1. The van der Waals surface area contributed by atoms with Crippen LogP contribution in [0.3, 0.4) is 0 Å². The third kappa shape index (κ3) is 3.25. The summed E-state index contributed by atoms with van der Waals surface area (Å²) in [5.41, 5.74) is 1.97. The Labute approximate surface area is 140 Å². The van der Waals surface area contributed by atoms with Gasteiger partial charge in [-0.1, -0.05) is 5.16 Å². The number of hydrogen-bond acceptors (Lipinski definition) is 5. The summed E-state index contributed by atoms with van der Waals surface area (Å²) < 4.78 is 6.62.